The molecule has 0 bridgehead atoms. The Kier molecular flexibility index (Phi) is 9.40. The first-order valence-electron chi connectivity index (χ1n) is 10.1. The summed E-state index contributed by atoms with van der Waals surface area (Å²) < 4.78 is 0.308. The van der Waals surface area contributed by atoms with Gasteiger partial charge in [-0.25, -0.2) is 0 Å². The van der Waals surface area contributed by atoms with E-state index in [-0.39, 0.29) is 35.8 Å². The quantitative estimate of drug-likeness (QED) is 0.298. The highest BCUT2D eigenvalue weighted by atomic mass is 127. The predicted octanol–water partition coefficient (Wildman–Crippen LogP) is 4.38. The molecular formula is C21H33IN4OS. The minimum atomic E-state index is 0. The number of amides is 1. The number of benzene rings is 1. The number of rotatable bonds is 6. The Hall–Kier alpha value is -0.960. The molecule has 156 valence electrons. The van der Waals surface area contributed by atoms with Gasteiger partial charge in [-0.05, 0) is 56.1 Å². The molecule has 1 saturated heterocycles. The van der Waals surface area contributed by atoms with Crippen LogP contribution in [0.15, 0.2) is 29.3 Å². The van der Waals surface area contributed by atoms with E-state index in [9.17, 15) is 4.79 Å². The molecule has 7 heteroatoms. The van der Waals surface area contributed by atoms with E-state index < -0.39 is 0 Å². The van der Waals surface area contributed by atoms with Crippen LogP contribution in [0.25, 0.3) is 0 Å². The minimum Gasteiger partial charge on any atom is -0.355 e. The van der Waals surface area contributed by atoms with E-state index in [2.05, 4.69) is 33.9 Å². The lowest BCUT2D eigenvalue weighted by molar-refractivity contribution is -0.119. The highest BCUT2D eigenvalue weighted by Gasteiger charge is 2.29. The van der Waals surface area contributed by atoms with Crippen molar-refractivity contribution < 1.29 is 4.79 Å². The number of carbonyl (C=O) groups excluding carboxylic acids is 1. The molecule has 0 radical (unpaired) electrons. The number of guanidine groups is 1. The standard InChI is InChI=1S/C21H32N4OS.HI/c1-21(11-6-12-27-21)15-24-20(22-2)23-14-16-7-5-10-18(13-16)25-19(26)17-8-3-4-9-17;/h5,7,10,13,17H,3-4,6,8-9,11-12,14-15H2,1-2H3,(H,25,26)(H2,22,23,24);1H. The summed E-state index contributed by atoms with van der Waals surface area (Å²) >= 11 is 2.04. The molecule has 1 aromatic rings. The van der Waals surface area contributed by atoms with Gasteiger partial charge in [0.15, 0.2) is 5.96 Å². The number of aliphatic imine (C=N–C) groups is 1. The zero-order chi connectivity index (χ0) is 19.1. The fourth-order valence-electron chi connectivity index (χ4n) is 3.84. The number of hydrogen-bond acceptors (Lipinski definition) is 3. The van der Waals surface area contributed by atoms with Gasteiger partial charge in [0.05, 0.1) is 0 Å². The maximum Gasteiger partial charge on any atom is 0.227 e. The van der Waals surface area contributed by atoms with Crippen LogP contribution in [-0.4, -0.2) is 36.0 Å². The third-order valence-corrected chi connectivity index (χ3v) is 7.07. The average Bonchev–Trinajstić information content (AvgIpc) is 3.34. The highest BCUT2D eigenvalue weighted by molar-refractivity contribution is 14.0. The van der Waals surface area contributed by atoms with E-state index in [0.29, 0.717) is 11.3 Å². The minimum absolute atomic E-state index is 0. The van der Waals surface area contributed by atoms with Gasteiger partial charge in [-0.3, -0.25) is 9.79 Å². The molecule has 1 aliphatic heterocycles. The zero-order valence-electron chi connectivity index (χ0n) is 16.9. The van der Waals surface area contributed by atoms with Crippen molar-refractivity contribution >= 4 is 53.3 Å². The summed E-state index contributed by atoms with van der Waals surface area (Å²) in [5.41, 5.74) is 2.01. The molecule has 1 amide bonds. The number of nitrogens with zero attached hydrogens (tertiary/aromatic N) is 1. The van der Waals surface area contributed by atoms with Gasteiger partial charge in [0.25, 0.3) is 0 Å². The molecule has 3 N–H and O–H groups in total. The average molecular weight is 516 g/mol. The monoisotopic (exact) mass is 516 g/mol. The number of nitrogens with one attached hydrogen (secondary N) is 3. The third-order valence-electron chi connectivity index (χ3n) is 5.53. The Balaban J connectivity index is 0.00000280. The maximum absolute atomic E-state index is 12.3. The zero-order valence-corrected chi connectivity index (χ0v) is 20.1. The highest BCUT2D eigenvalue weighted by Crippen LogP contribution is 2.36. The first-order chi connectivity index (χ1) is 13.1. The summed E-state index contributed by atoms with van der Waals surface area (Å²) in [6, 6.07) is 8.07. The molecule has 1 heterocycles. The number of anilines is 1. The molecule has 1 aromatic carbocycles. The fourth-order valence-corrected chi connectivity index (χ4v) is 5.09. The summed E-state index contributed by atoms with van der Waals surface area (Å²) in [4.78, 5) is 16.7. The van der Waals surface area contributed by atoms with Gasteiger partial charge in [0.1, 0.15) is 0 Å². The lowest BCUT2D eigenvalue weighted by atomic mass is 10.1. The lowest BCUT2D eigenvalue weighted by Crippen LogP contribution is -2.43. The molecule has 3 rings (SSSR count). The number of thioether (sulfide) groups is 1. The summed E-state index contributed by atoms with van der Waals surface area (Å²) in [5.74, 6) is 2.43. The smallest absolute Gasteiger partial charge is 0.227 e. The van der Waals surface area contributed by atoms with Gasteiger partial charge in [0, 0.05) is 36.5 Å². The van der Waals surface area contributed by atoms with Crippen molar-refractivity contribution in [2.24, 2.45) is 10.9 Å². The molecule has 0 aromatic heterocycles. The van der Waals surface area contributed by atoms with Crippen LogP contribution in [0.4, 0.5) is 5.69 Å². The Morgan fingerprint density at radius 3 is 2.71 bits per heavy atom. The van der Waals surface area contributed by atoms with Crippen LogP contribution in [0.2, 0.25) is 0 Å². The van der Waals surface area contributed by atoms with E-state index in [1.54, 1.807) is 7.05 Å². The van der Waals surface area contributed by atoms with Gasteiger partial charge in [-0.2, -0.15) is 11.8 Å². The summed E-state index contributed by atoms with van der Waals surface area (Å²) in [7, 11) is 1.80. The third kappa shape index (κ3) is 6.83. The molecule has 2 fully saturated rings. The summed E-state index contributed by atoms with van der Waals surface area (Å²) in [5, 5.41) is 9.91. The van der Waals surface area contributed by atoms with Crippen LogP contribution < -0.4 is 16.0 Å². The number of halogens is 1. The van der Waals surface area contributed by atoms with E-state index >= 15 is 0 Å². The molecule has 1 saturated carbocycles. The van der Waals surface area contributed by atoms with Gasteiger partial charge < -0.3 is 16.0 Å². The summed E-state index contributed by atoms with van der Waals surface area (Å²) in [6.45, 7) is 3.92. The fraction of sp³-hybridized carbons (Fsp3) is 0.619. The Morgan fingerprint density at radius 1 is 1.25 bits per heavy atom. The molecule has 1 aliphatic carbocycles. The second-order valence-corrected chi connectivity index (χ2v) is 9.53. The Labute approximate surface area is 190 Å². The van der Waals surface area contributed by atoms with Crippen LogP contribution in [0, 0.1) is 5.92 Å². The van der Waals surface area contributed by atoms with Crippen molar-refractivity contribution in [3.8, 4) is 0 Å². The normalized spacial score (nSPS) is 22.6. The van der Waals surface area contributed by atoms with Crippen molar-refractivity contribution in [3.63, 3.8) is 0 Å². The van der Waals surface area contributed by atoms with Crippen LogP contribution >= 0.6 is 35.7 Å². The van der Waals surface area contributed by atoms with Gasteiger partial charge in [-0.1, -0.05) is 25.0 Å². The second-order valence-electron chi connectivity index (χ2n) is 7.85. The topological polar surface area (TPSA) is 65.5 Å². The first-order valence-corrected chi connectivity index (χ1v) is 11.0. The largest absolute Gasteiger partial charge is 0.355 e. The lowest BCUT2D eigenvalue weighted by Gasteiger charge is -2.24. The molecule has 0 spiro atoms. The van der Waals surface area contributed by atoms with Crippen molar-refractivity contribution in [2.75, 3.05) is 24.7 Å². The van der Waals surface area contributed by atoms with E-state index in [1.807, 2.05) is 30.0 Å². The van der Waals surface area contributed by atoms with Crippen LogP contribution in [0.1, 0.15) is 51.0 Å². The molecule has 5 nitrogen and oxygen atoms in total. The van der Waals surface area contributed by atoms with Crippen LogP contribution in [0.3, 0.4) is 0 Å². The predicted molar refractivity (Wildman–Crippen MR) is 131 cm³/mol. The van der Waals surface area contributed by atoms with E-state index in [0.717, 1.165) is 36.6 Å². The summed E-state index contributed by atoms with van der Waals surface area (Å²) in [6.07, 6.45) is 6.94. The SMILES string of the molecule is CN=C(NCc1cccc(NC(=O)C2CCCC2)c1)NCC1(C)CCCS1.I. The van der Waals surface area contributed by atoms with Gasteiger partial charge >= 0.3 is 0 Å². The van der Waals surface area contributed by atoms with Gasteiger partial charge in [-0.15, -0.1) is 24.0 Å². The van der Waals surface area contributed by atoms with Crippen LogP contribution in [0.5, 0.6) is 0 Å². The number of carbonyl (C=O) groups is 1. The van der Waals surface area contributed by atoms with E-state index in [4.69, 9.17) is 0 Å². The molecule has 1 atom stereocenters. The van der Waals surface area contributed by atoms with Crippen molar-refractivity contribution in [1.29, 1.82) is 0 Å². The molecule has 1 unspecified atom stereocenters. The Bertz CT molecular complexity index is 670. The Morgan fingerprint density at radius 2 is 2.04 bits per heavy atom. The maximum atomic E-state index is 12.3. The molecular weight excluding hydrogens is 483 g/mol. The number of hydrogen-bond donors (Lipinski definition) is 3. The van der Waals surface area contributed by atoms with Crippen LogP contribution in [-0.2, 0) is 11.3 Å². The van der Waals surface area contributed by atoms with Crippen molar-refractivity contribution in [3.05, 3.63) is 29.8 Å². The molecule has 2 aliphatic rings. The van der Waals surface area contributed by atoms with Crippen molar-refractivity contribution in [1.82, 2.24) is 10.6 Å². The first kappa shape index (κ1) is 23.3. The van der Waals surface area contributed by atoms with E-state index in [1.165, 1.54) is 31.4 Å². The van der Waals surface area contributed by atoms with Gasteiger partial charge in [0.2, 0.25) is 5.91 Å². The molecule has 28 heavy (non-hydrogen) atoms. The second kappa shape index (κ2) is 11.3. The van der Waals surface area contributed by atoms with Crippen molar-refractivity contribution in [2.45, 2.75) is 56.7 Å².